The van der Waals surface area contributed by atoms with Gasteiger partial charge in [0.2, 0.25) is 0 Å². The zero-order valence-electron chi connectivity index (χ0n) is 30.7. The van der Waals surface area contributed by atoms with Crippen LogP contribution in [0.15, 0.2) is 111 Å². The van der Waals surface area contributed by atoms with Crippen molar-refractivity contribution >= 4 is 56.0 Å². The molecule has 0 spiro atoms. The SMILES string of the molecule is CC1=C(C)C(=O)C(c2cc3ccccc3o2)=C(CCC(C)(C)O)C1=O.CC1=C(C)C(=O)C(c2ccc3ccccc3c2)=C(CCC(C)(C)O)C1=O. The maximum atomic E-state index is 13.0. The number of carbonyl (C=O) groups is 4. The molecule has 0 saturated heterocycles. The molecule has 3 aromatic carbocycles. The summed E-state index contributed by atoms with van der Waals surface area (Å²) in [6, 6.07) is 23.1. The van der Waals surface area contributed by atoms with E-state index in [1.165, 1.54) is 0 Å². The Balaban J connectivity index is 0.000000198. The van der Waals surface area contributed by atoms with Crippen molar-refractivity contribution in [3.8, 4) is 0 Å². The Kier molecular flexibility index (Phi) is 10.5. The summed E-state index contributed by atoms with van der Waals surface area (Å²) in [5.74, 6) is -0.0894. The van der Waals surface area contributed by atoms with Crippen LogP contribution in [-0.4, -0.2) is 44.5 Å². The summed E-state index contributed by atoms with van der Waals surface area (Å²) in [6.07, 6.45) is 1.51. The molecule has 0 amide bonds. The number of hydrogen-bond donors (Lipinski definition) is 2. The number of hydrogen-bond acceptors (Lipinski definition) is 7. The lowest BCUT2D eigenvalue weighted by molar-refractivity contribution is -0.115. The summed E-state index contributed by atoms with van der Waals surface area (Å²) in [6.45, 7) is 13.6. The molecule has 0 radical (unpaired) electrons. The number of furan rings is 1. The Bertz CT molecular complexity index is 2180. The number of rotatable bonds is 8. The van der Waals surface area contributed by atoms with Gasteiger partial charge < -0.3 is 14.6 Å². The van der Waals surface area contributed by atoms with Crippen LogP contribution in [0.25, 0.3) is 32.9 Å². The number of benzene rings is 3. The molecule has 0 aliphatic heterocycles. The van der Waals surface area contributed by atoms with Gasteiger partial charge in [-0.3, -0.25) is 19.2 Å². The molecule has 0 unspecified atom stereocenters. The summed E-state index contributed by atoms with van der Waals surface area (Å²) >= 11 is 0. The zero-order chi connectivity index (χ0) is 37.4. The average molecular weight is 687 g/mol. The highest BCUT2D eigenvalue weighted by molar-refractivity contribution is 6.40. The topological polar surface area (TPSA) is 122 Å². The van der Waals surface area contributed by atoms with E-state index in [4.69, 9.17) is 4.42 Å². The molecule has 0 atom stereocenters. The largest absolute Gasteiger partial charge is 0.456 e. The van der Waals surface area contributed by atoms with E-state index in [2.05, 4.69) is 0 Å². The molecule has 51 heavy (non-hydrogen) atoms. The summed E-state index contributed by atoms with van der Waals surface area (Å²) in [5, 5.41) is 23.1. The second kappa shape index (κ2) is 14.3. The van der Waals surface area contributed by atoms with E-state index in [9.17, 15) is 29.4 Å². The molecule has 2 N–H and O–H groups in total. The molecule has 1 heterocycles. The number of aliphatic hydroxyl groups is 2. The van der Waals surface area contributed by atoms with Crippen molar-refractivity contribution in [3.63, 3.8) is 0 Å². The van der Waals surface area contributed by atoms with E-state index in [0.29, 0.717) is 81.6 Å². The fraction of sp³-hybridized carbons (Fsp3) is 0.318. The van der Waals surface area contributed by atoms with E-state index in [0.717, 1.165) is 21.7 Å². The number of para-hydroxylation sites is 1. The molecule has 7 nitrogen and oxygen atoms in total. The third kappa shape index (κ3) is 8.01. The second-order valence-electron chi connectivity index (χ2n) is 14.9. The average Bonchev–Trinajstić information content (AvgIpc) is 3.51. The minimum atomic E-state index is -0.917. The van der Waals surface area contributed by atoms with Crippen molar-refractivity contribution < 1.29 is 33.8 Å². The summed E-state index contributed by atoms with van der Waals surface area (Å²) in [7, 11) is 0. The first kappa shape index (κ1) is 37.3. The molecule has 4 aromatic rings. The Morgan fingerprint density at radius 3 is 1.51 bits per heavy atom. The smallest absolute Gasteiger partial charge is 0.193 e. The Morgan fingerprint density at radius 2 is 0.980 bits per heavy atom. The predicted octanol–water partition coefficient (Wildman–Crippen LogP) is 8.86. The van der Waals surface area contributed by atoms with Gasteiger partial charge in [0.15, 0.2) is 23.1 Å². The minimum Gasteiger partial charge on any atom is -0.456 e. The third-order valence-electron chi connectivity index (χ3n) is 9.78. The fourth-order valence-corrected chi connectivity index (χ4v) is 6.36. The first-order chi connectivity index (χ1) is 23.9. The molecule has 2 aliphatic rings. The van der Waals surface area contributed by atoms with Crippen molar-refractivity contribution in [1.29, 1.82) is 0 Å². The van der Waals surface area contributed by atoms with Crippen LogP contribution in [0.4, 0.5) is 0 Å². The highest BCUT2D eigenvalue weighted by atomic mass is 16.3. The van der Waals surface area contributed by atoms with Gasteiger partial charge in [0.05, 0.1) is 16.8 Å². The van der Waals surface area contributed by atoms with Crippen molar-refractivity contribution in [3.05, 3.63) is 118 Å². The highest BCUT2D eigenvalue weighted by Crippen LogP contribution is 2.38. The maximum absolute atomic E-state index is 13.0. The molecule has 7 heteroatoms. The van der Waals surface area contributed by atoms with Crippen molar-refractivity contribution in [1.82, 2.24) is 0 Å². The molecule has 0 fully saturated rings. The van der Waals surface area contributed by atoms with Crippen LogP contribution in [-0.2, 0) is 19.2 Å². The highest BCUT2D eigenvalue weighted by Gasteiger charge is 2.34. The van der Waals surface area contributed by atoms with Crippen molar-refractivity contribution in [2.24, 2.45) is 0 Å². The standard InChI is InChI=1S/C23H24O3.C21H22O4/c1-14-15(2)22(25)20(19(21(14)24)11-12-23(3,4)26)18-10-9-16-7-5-6-8-17(16)13-18;1-12-13(2)20(23)18(15(19(12)22)9-10-21(3,4)24)17-11-14-7-5-6-8-16(14)25-17/h5-10,13,26H,11-12H2,1-4H3;5-8,11,24H,9-10H2,1-4H3. The molecule has 264 valence electrons. The monoisotopic (exact) mass is 686 g/mol. The molecular weight excluding hydrogens is 640 g/mol. The summed E-state index contributed by atoms with van der Waals surface area (Å²) < 4.78 is 5.86. The van der Waals surface area contributed by atoms with E-state index < -0.39 is 11.2 Å². The predicted molar refractivity (Wildman–Crippen MR) is 202 cm³/mol. The quantitative estimate of drug-likeness (QED) is 0.178. The van der Waals surface area contributed by atoms with Gasteiger partial charge in [-0.1, -0.05) is 54.6 Å². The number of ketones is 4. The van der Waals surface area contributed by atoms with Gasteiger partial charge in [0.1, 0.15) is 11.3 Å². The Labute approximate surface area is 299 Å². The van der Waals surface area contributed by atoms with Crippen molar-refractivity contribution in [2.75, 3.05) is 0 Å². The Hall–Kier alpha value is -4.98. The van der Waals surface area contributed by atoms with Crippen LogP contribution in [0.1, 0.15) is 92.4 Å². The normalized spacial score (nSPS) is 16.2. The maximum Gasteiger partial charge on any atom is 0.193 e. The molecular formula is C44H46O7. The number of carbonyl (C=O) groups excluding carboxylic acids is 4. The van der Waals surface area contributed by atoms with Gasteiger partial charge in [-0.05, 0) is 116 Å². The summed E-state index contributed by atoms with van der Waals surface area (Å²) in [5.41, 5.74) is 3.30. The first-order valence-corrected chi connectivity index (χ1v) is 17.3. The van der Waals surface area contributed by atoms with E-state index in [-0.39, 0.29) is 23.1 Å². The van der Waals surface area contributed by atoms with E-state index in [1.54, 1.807) is 61.5 Å². The summed E-state index contributed by atoms with van der Waals surface area (Å²) in [4.78, 5) is 51.6. The first-order valence-electron chi connectivity index (χ1n) is 17.3. The van der Waals surface area contributed by atoms with Gasteiger partial charge in [0, 0.05) is 44.4 Å². The zero-order valence-corrected chi connectivity index (χ0v) is 30.7. The van der Waals surface area contributed by atoms with Gasteiger partial charge >= 0.3 is 0 Å². The second-order valence-corrected chi connectivity index (χ2v) is 14.9. The van der Waals surface area contributed by atoms with Crippen LogP contribution in [0.5, 0.6) is 0 Å². The van der Waals surface area contributed by atoms with Crippen LogP contribution >= 0.6 is 0 Å². The van der Waals surface area contributed by atoms with E-state index in [1.807, 2.05) is 66.7 Å². The Morgan fingerprint density at radius 1 is 0.529 bits per heavy atom. The number of Topliss-reactive ketones (excluding diaryl/α,β-unsaturated/α-hetero) is 4. The van der Waals surface area contributed by atoms with Gasteiger partial charge in [-0.2, -0.15) is 0 Å². The third-order valence-corrected chi connectivity index (χ3v) is 9.78. The van der Waals surface area contributed by atoms with E-state index >= 15 is 0 Å². The molecule has 2 aliphatic carbocycles. The fourth-order valence-electron chi connectivity index (χ4n) is 6.36. The van der Waals surface area contributed by atoms with Gasteiger partial charge in [0.25, 0.3) is 0 Å². The molecule has 0 saturated carbocycles. The van der Waals surface area contributed by atoms with Crippen LogP contribution in [0.3, 0.4) is 0 Å². The molecule has 6 rings (SSSR count). The number of allylic oxidation sites excluding steroid dienone is 8. The lowest BCUT2D eigenvalue weighted by atomic mass is 9.79. The minimum absolute atomic E-state index is 0.0884. The van der Waals surface area contributed by atoms with Crippen LogP contribution in [0, 0.1) is 0 Å². The van der Waals surface area contributed by atoms with Gasteiger partial charge in [-0.15, -0.1) is 0 Å². The molecule has 0 bridgehead atoms. The lowest BCUT2D eigenvalue weighted by Crippen LogP contribution is -2.24. The van der Waals surface area contributed by atoms with Gasteiger partial charge in [-0.25, -0.2) is 0 Å². The molecule has 1 aromatic heterocycles. The van der Waals surface area contributed by atoms with Crippen LogP contribution < -0.4 is 0 Å². The number of fused-ring (bicyclic) bond motifs is 2. The lowest BCUT2D eigenvalue weighted by Gasteiger charge is -2.24. The van der Waals surface area contributed by atoms with Crippen molar-refractivity contribution in [2.45, 2.75) is 92.3 Å². The van der Waals surface area contributed by atoms with Crippen LogP contribution in [0.2, 0.25) is 0 Å².